The van der Waals surface area contributed by atoms with Crippen molar-refractivity contribution in [1.82, 2.24) is 15.1 Å². The van der Waals surface area contributed by atoms with Crippen molar-refractivity contribution in [2.75, 3.05) is 54.6 Å². The fourth-order valence-corrected chi connectivity index (χ4v) is 3.45. The average molecular weight is 379 g/mol. The van der Waals surface area contributed by atoms with Gasteiger partial charge in [-0.15, -0.1) is 0 Å². The lowest BCUT2D eigenvalue weighted by molar-refractivity contribution is -0.0175. The Morgan fingerprint density at radius 3 is 2.81 bits per heavy atom. The molecule has 0 bridgehead atoms. The predicted molar refractivity (Wildman–Crippen MR) is 109 cm³/mol. The van der Waals surface area contributed by atoms with Gasteiger partial charge in [-0.3, -0.25) is 9.89 Å². The maximum Gasteiger partial charge on any atom is 0.193 e. The molecule has 0 radical (unpaired) electrons. The van der Waals surface area contributed by atoms with Gasteiger partial charge in [0.05, 0.1) is 27.4 Å². The summed E-state index contributed by atoms with van der Waals surface area (Å²) in [5.74, 6) is 2.46. The number of guanidine groups is 1. The molecule has 1 aromatic rings. The highest BCUT2D eigenvalue weighted by Gasteiger charge is 2.24. The highest BCUT2D eigenvalue weighted by molar-refractivity contribution is 5.79. The topological polar surface area (TPSA) is 58.6 Å². The summed E-state index contributed by atoms with van der Waals surface area (Å²) in [4.78, 5) is 9.01. The van der Waals surface area contributed by atoms with Crippen LogP contribution >= 0.6 is 0 Å². The first-order valence-electron chi connectivity index (χ1n) is 9.46. The van der Waals surface area contributed by atoms with Crippen molar-refractivity contribution < 1.29 is 14.2 Å². The number of hydrogen-bond donors (Lipinski definition) is 1. The normalized spacial score (nSPS) is 19.5. The molecule has 0 amide bonds. The largest absolute Gasteiger partial charge is 0.497 e. The molecule has 0 aromatic heterocycles. The van der Waals surface area contributed by atoms with E-state index in [1.165, 1.54) is 0 Å². The van der Waals surface area contributed by atoms with Crippen LogP contribution < -0.4 is 14.8 Å². The molecule has 2 unspecified atom stereocenters. The van der Waals surface area contributed by atoms with E-state index in [0.29, 0.717) is 18.6 Å². The van der Waals surface area contributed by atoms with Crippen LogP contribution in [0.25, 0.3) is 0 Å². The molecule has 27 heavy (non-hydrogen) atoms. The first-order valence-corrected chi connectivity index (χ1v) is 9.46. The summed E-state index contributed by atoms with van der Waals surface area (Å²) in [7, 11) is 7.17. The minimum atomic E-state index is 0.407. The molecule has 7 heteroatoms. The molecule has 0 spiro atoms. The van der Waals surface area contributed by atoms with E-state index in [0.717, 1.165) is 49.3 Å². The van der Waals surface area contributed by atoms with Gasteiger partial charge in [-0.1, -0.05) is 0 Å². The zero-order chi connectivity index (χ0) is 19.8. The van der Waals surface area contributed by atoms with Gasteiger partial charge in [0.1, 0.15) is 11.5 Å². The summed E-state index contributed by atoms with van der Waals surface area (Å²) in [6.45, 7) is 8.57. The number of rotatable bonds is 7. The van der Waals surface area contributed by atoms with Crippen LogP contribution in [0.15, 0.2) is 23.2 Å². The predicted octanol–water partition coefficient (Wildman–Crippen LogP) is 1.82. The van der Waals surface area contributed by atoms with Crippen LogP contribution in [0.2, 0.25) is 0 Å². The molecule has 152 valence electrons. The third-order valence-electron chi connectivity index (χ3n) is 5.02. The second-order valence-electron chi connectivity index (χ2n) is 6.97. The van der Waals surface area contributed by atoms with Gasteiger partial charge in [0.2, 0.25) is 0 Å². The molecule has 1 aliphatic rings. The molecule has 1 aromatic carbocycles. The van der Waals surface area contributed by atoms with Crippen molar-refractivity contribution in [2.45, 2.75) is 32.5 Å². The van der Waals surface area contributed by atoms with Crippen LogP contribution in [0.4, 0.5) is 0 Å². The minimum absolute atomic E-state index is 0.407. The summed E-state index contributed by atoms with van der Waals surface area (Å²) in [6, 6.07) is 6.73. The Morgan fingerprint density at radius 2 is 2.19 bits per heavy atom. The number of nitrogens with zero attached hydrogens (tertiary/aromatic N) is 3. The summed E-state index contributed by atoms with van der Waals surface area (Å²) in [5, 5.41) is 3.50. The first-order chi connectivity index (χ1) is 13.0. The Morgan fingerprint density at radius 1 is 1.41 bits per heavy atom. The van der Waals surface area contributed by atoms with Crippen molar-refractivity contribution in [1.29, 1.82) is 0 Å². The summed E-state index contributed by atoms with van der Waals surface area (Å²) < 4.78 is 16.3. The van der Waals surface area contributed by atoms with Crippen LogP contribution in [0, 0.1) is 0 Å². The SMILES string of the molecule is CN=C(NCC(C)N1CCOCC1C)N(C)Cc1ccc(OC)cc1OC. The van der Waals surface area contributed by atoms with E-state index in [2.05, 4.69) is 34.0 Å². The van der Waals surface area contributed by atoms with Crippen molar-refractivity contribution in [3.63, 3.8) is 0 Å². The third-order valence-corrected chi connectivity index (χ3v) is 5.02. The van der Waals surface area contributed by atoms with Crippen molar-refractivity contribution >= 4 is 5.96 Å². The summed E-state index contributed by atoms with van der Waals surface area (Å²) >= 11 is 0. The van der Waals surface area contributed by atoms with E-state index in [1.807, 2.05) is 32.3 Å². The van der Waals surface area contributed by atoms with Crippen LogP contribution in [-0.4, -0.2) is 82.5 Å². The molecule has 0 aliphatic carbocycles. The Balaban J connectivity index is 1.95. The maximum absolute atomic E-state index is 5.54. The molecule has 1 saturated heterocycles. The second-order valence-corrected chi connectivity index (χ2v) is 6.97. The van der Waals surface area contributed by atoms with E-state index < -0.39 is 0 Å². The Kier molecular flexibility index (Phi) is 8.19. The maximum atomic E-state index is 5.54. The number of ether oxygens (including phenoxy) is 3. The Bertz CT molecular complexity index is 623. The van der Waals surface area contributed by atoms with E-state index >= 15 is 0 Å². The highest BCUT2D eigenvalue weighted by atomic mass is 16.5. The van der Waals surface area contributed by atoms with Crippen LogP contribution in [0.5, 0.6) is 11.5 Å². The van der Waals surface area contributed by atoms with Gasteiger partial charge < -0.3 is 24.4 Å². The standard InChI is InChI=1S/C20H34N4O3/c1-15(24-9-10-27-14-16(24)2)12-22-20(21-3)23(4)13-17-7-8-18(25-5)11-19(17)26-6/h7-8,11,15-16H,9-10,12-14H2,1-6H3,(H,21,22). The monoisotopic (exact) mass is 378 g/mol. The van der Waals surface area contributed by atoms with Crippen LogP contribution in [-0.2, 0) is 11.3 Å². The van der Waals surface area contributed by atoms with Gasteiger partial charge in [0, 0.05) is 57.4 Å². The number of morpholine rings is 1. The number of methoxy groups -OCH3 is 2. The molecular weight excluding hydrogens is 344 g/mol. The highest BCUT2D eigenvalue weighted by Crippen LogP contribution is 2.25. The average Bonchev–Trinajstić information content (AvgIpc) is 2.68. The quantitative estimate of drug-likeness (QED) is 0.577. The molecule has 1 N–H and O–H groups in total. The lowest BCUT2D eigenvalue weighted by Crippen LogP contribution is -2.53. The molecule has 0 saturated carbocycles. The molecule has 2 rings (SSSR count). The summed E-state index contributed by atoms with van der Waals surface area (Å²) in [5.41, 5.74) is 1.08. The molecule has 1 fully saturated rings. The fraction of sp³-hybridized carbons (Fsp3) is 0.650. The molecule has 1 aliphatic heterocycles. The number of hydrogen-bond acceptors (Lipinski definition) is 5. The van der Waals surface area contributed by atoms with Crippen molar-refractivity contribution in [3.05, 3.63) is 23.8 Å². The smallest absolute Gasteiger partial charge is 0.193 e. The van der Waals surface area contributed by atoms with Gasteiger partial charge >= 0.3 is 0 Å². The lowest BCUT2D eigenvalue weighted by atomic mass is 10.1. The van der Waals surface area contributed by atoms with Gasteiger partial charge in [0.25, 0.3) is 0 Å². The second kappa shape index (κ2) is 10.4. The van der Waals surface area contributed by atoms with Gasteiger partial charge in [-0.2, -0.15) is 0 Å². The van der Waals surface area contributed by atoms with Gasteiger partial charge in [-0.05, 0) is 26.0 Å². The molecule has 1 heterocycles. The molecular formula is C20H34N4O3. The number of benzene rings is 1. The molecule has 2 atom stereocenters. The lowest BCUT2D eigenvalue weighted by Gasteiger charge is -2.38. The Hall–Kier alpha value is -1.99. The number of aliphatic imine (C=N–C) groups is 1. The number of nitrogens with one attached hydrogen (secondary N) is 1. The first kappa shape index (κ1) is 21.3. The van der Waals surface area contributed by atoms with E-state index in [1.54, 1.807) is 14.2 Å². The van der Waals surface area contributed by atoms with Crippen LogP contribution in [0.3, 0.4) is 0 Å². The van der Waals surface area contributed by atoms with Gasteiger partial charge in [-0.25, -0.2) is 0 Å². The third kappa shape index (κ3) is 5.74. The zero-order valence-corrected chi connectivity index (χ0v) is 17.5. The van der Waals surface area contributed by atoms with Gasteiger partial charge in [0.15, 0.2) is 5.96 Å². The van der Waals surface area contributed by atoms with E-state index in [-0.39, 0.29) is 0 Å². The summed E-state index contributed by atoms with van der Waals surface area (Å²) in [6.07, 6.45) is 0. The Labute approximate surface area is 163 Å². The minimum Gasteiger partial charge on any atom is -0.497 e. The zero-order valence-electron chi connectivity index (χ0n) is 17.5. The van der Waals surface area contributed by atoms with E-state index in [9.17, 15) is 0 Å². The van der Waals surface area contributed by atoms with E-state index in [4.69, 9.17) is 14.2 Å². The van der Waals surface area contributed by atoms with Crippen molar-refractivity contribution in [3.8, 4) is 11.5 Å². The fourth-order valence-electron chi connectivity index (χ4n) is 3.45. The van der Waals surface area contributed by atoms with Crippen molar-refractivity contribution in [2.24, 2.45) is 4.99 Å². The van der Waals surface area contributed by atoms with Crippen LogP contribution in [0.1, 0.15) is 19.4 Å². The molecule has 7 nitrogen and oxygen atoms in total.